The Morgan fingerprint density at radius 2 is 1.48 bits per heavy atom. The average molecular weight is 282 g/mol. The maximum Gasteiger partial charge on any atom is 0.0681 e. The molecule has 112 valence electrons. The second-order valence-electron chi connectivity index (χ2n) is 6.08. The number of aliphatic hydroxyl groups is 1. The van der Waals surface area contributed by atoms with Gasteiger partial charge in [0.15, 0.2) is 0 Å². The zero-order chi connectivity index (χ0) is 15.2. The molecule has 0 aliphatic rings. The normalized spacial score (nSPS) is 13.9. The molecule has 1 nitrogen and oxygen atoms in total. The first-order valence-corrected chi connectivity index (χ1v) is 7.89. The summed E-state index contributed by atoms with van der Waals surface area (Å²) in [5.41, 5.74) is 5.10. The second-order valence-corrected chi connectivity index (χ2v) is 6.08. The molecule has 2 rings (SSSR count). The van der Waals surface area contributed by atoms with E-state index in [9.17, 15) is 0 Å². The van der Waals surface area contributed by atoms with Gasteiger partial charge in [-0.15, -0.1) is 0 Å². The van der Waals surface area contributed by atoms with Crippen molar-refractivity contribution in [1.82, 2.24) is 0 Å². The van der Waals surface area contributed by atoms with Gasteiger partial charge < -0.3 is 5.11 Å². The molecular weight excluding hydrogens is 256 g/mol. The molecular formula is C20H26O. The fourth-order valence-electron chi connectivity index (χ4n) is 3.08. The Bertz CT molecular complexity index is 539. The molecule has 0 radical (unpaired) electrons. The molecule has 2 unspecified atom stereocenters. The predicted molar refractivity (Wildman–Crippen MR) is 89.4 cm³/mol. The van der Waals surface area contributed by atoms with Gasteiger partial charge in [-0.2, -0.15) is 0 Å². The minimum Gasteiger partial charge on any atom is -0.392 e. The molecule has 2 aromatic rings. The maximum atomic E-state index is 9.15. The lowest BCUT2D eigenvalue weighted by atomic mass is 9.81. The lowest BCUT2D eigenvalue weighted by molar-refractivity contribution is 0.282. The van der Waals surface area contributed by atoms with Gasteiger partial charge in [0.2, 0.25) is 0 Å². The molecule has 0 spiro atoms. The molecule has 0 aliphatic carbocycles. The van der Waals surface area contributed by atoms with Crippen LogP contribution in [0.15, 0.2) is 48.5 Å². The van der Waals surface area contributed by atoms with Crippen LogP contribution in [0.3, 0.4) is 0 Å². The quantitative estimate of drug-likeness (QED) is 0.802. The number of hydrogen-bond acceptors (Lipinski definition) is 1. The standard InChI is InChI=1S/C20H26O/c1-4-20(19-11-9-18(14-21)10-12-19)16(3)13-17-7-5-15(2)6-8-17/h5-12,16,20-21H,4,13-14H2,1-3H3. The Labute approximate surface area is 128 Å². The summed E-state index contributed by atoms with van der Waals surface area (Å²) in [6.45, 7) is 6.85. The molecule has 21 heavy (non-hydrogen) atoms. The van der Waals surface area contributed by atoms with Crippen LogP contribution in [0.25, 0.3) is 0 Å². The van der Waals surface area contributed by atoms with Gasteiger partial charge >= 0.3 is 0 Å². The van der Waals surface area contributed by atoms with Crippen LogP contribution >= 0.6 is 0 Å². The summed E-state index contributed by atoms with van der Waals surface area (Å²) in [6.07, 6.45) is 2.26. The van der Waals surface area contributed by atoms with E-state index >= 15 is 0 Å². The van der Waals surface area contributed by atoms with Crippen molar-refractivity contribution in [2.75, 3.05) is 0 Å². The Hall–Kier alpha value is -1.60. The first kappa shape index (κ1) is 15.8. The molecule has 2 aromatic carbocycles. The van der Waals surface area contributed by atoms with Crippen molar-refractivity contribution in [2.24, 2.45) is 5.92 Å². The molecule has 0 aliphatic heterocycles. The van der Waals surface area contributed by atoms with Gasteiger partial charge in [0.05, 0.1) is 6.61 Å². The third-order valence-corrected chi connectivity index (χ3v) is 4.40. The van der Waals surface area contributed by atoms with E-state index in [-0.39, 0.29) is 6.61 Å². The average Bonchev–Trinajstić information content (AvgIpc) is 2.51. The number of rotatable bonds is 6. The van der Waals surface area contributed by atoms with Crippen LogP contribution in [0.2, 0.25) is 0 Å². The number of hydrogen-bond donors (Lipinski definition) is 1. The van der Waals surface area contributed by atoms with Crippen molar-refractivity contribution in [2.45, 2.75) is 46.1 Å². The summed E-state index contributed by atoms with van der Waals surface area (Å²) in [5, 5.41) is 9.15. The first-order valence-electron chi connectivity index (χ1n) is 7.89. The van der Waals surface area contributed by atoms with Crippen LogP contribution in [0.1, 0.15) is 48.4 Å². The van der Waals surface area contributed by atoms with Crippen LogP contribution in [0, 0.1) is 12.8 Å². The van der Waals surface area contributed by atoms with Crippen LogP contribution in [0.5, 0.6) is 0 Å². The smallest absolute Gasteiger partial charge is 0.0681 e. The van der Waals surface area contributed by atoms with Crippen LogP contribution in [-0.2, 0) is 13.0 Å². The highest BCUT2D eigenvalue weighted by Crippen LogP contribution is 2.30. The van der Waals surface area contributed by atoms with E-state index in [0.717, 1.165) is 18.4 Å². The van der Waals surface area contributed by atoms with Gasteiger partial charge in [-0.3, -0.25) is 0 Å². The van der Waals surface area contributed by atoms with Crippen LogP contribution < -0.4 is 0 Å². The minimum absolute atomic E-state index is 0.121. The minimum atomic E-state index is 0.121. The number of aliphatic hydroxyl groups excluding tert-OH is 1. The topological polar surface area (TPSA) is 20.2 Å². The van der Waals surface area contributed by atoms with Gasteiger partial charge in [-0.25, -0.2) is 0 Å². The first-order chi connectivity index (χ1) is 10.1. The van der Waals surface area contributed by atoms with E-state index in [1.807, 2.05) is 12.1 Å². The largest absolute Gasteiger partial charge is 0.392 e. The van der Waals surface area contributed by atoms with Crippen molar-refractivity contribution >= 4 is 0 Å². The van der Waals surface area contributed by atoms with E-state index in [0.29, 0.717) is 11.8 Å². The monoisotopic (exact) mass is 282 g/mol. The van der Waals surface area contributed by atoms with Crippen molar-refractivity contribution in [3.05, 3.63) is 70.8 Å². The molecule has 0 bridgehead atoms. The summed E-state index contributed by atoms with van der Waals surface area (Å²) in [6, 6.07) is 17.3. The van der Waals surface area contributed by atoms with E-state index < -0.39 is 0 Å². The van der Waals surface area contributed by atoms with Gasteiger partial charge in [0.25, 0.3) is 0 Å². The van der Waals surface area contributed by atoms with Crippen molar-refractivity contribution < 1.29 is 5.11 Å². The molecule has 0 fully saturated rings. The number of aryl methyl sites for hydroxylation is 1. The molecule has 1 heteroatoms. The Morgan fingerprint density at radius 1 is 0.905 bits per heavy atom. The Kier molecular flexibility index (Phi) is 5.58. The molecule has 0 amide bonds. The summed E-state index contributed by atoms with van der Waals surface area (Å²) in [5.74, 6) is 1.18. The maximum absolute atomic E-state index is 9.15. The highest BCUT2D eigenvalue weighted by atomic mass is 16.3. The highest BCUT2D eigenvalue weighted by Gasteiger charge is 2.18. The van der Waals surface area contributed by atoms with Crippen molar-refractivity contribution in [3.8, 4) is 0 Å². The Morgan fingerprint density at radius 3 is 2.00 bits per heavy atom. The van der Waals surface area contributed by atoms with E-state index in [1.54, 1.807) is 0 Å². The zero-order valence-corrected chi connectivity index (χ0v) is 13.3. The lowest BCUT2D eigenvalue weighted by Crippen LogP contribution is -2.12. The molecule has 2 atom stereocenters. The fraction of sp³-hybridized carbons (Fsp3) is 0.400. The summed E-state index contributed by atoms with van der Waals surface area (Å²) in [4.78, 5) is 0. The molecule has 1 N–H and O–H groups in total. The summed E-state index contributed by atoms with van der Waals surface area (Å²) < 4.78 is 0. The third kappa shape index (κ3) is 4.18. The van der Waals surface area contributed by atoms with E-state index in [2.05, 4.69) is 57.2 Å². The Balaban J connectivity index is 2.09. The predicted octanol–water partition coefficient (Wildman–Crippen LogP) is 4.86. The SMILES string of the molecule is CCC(c1ccc(CO)cc1)C(C)Cc1ccc(C)cc1. The summed E-state index contributed by atoms with van der Waals surface area (Å²) in [7, 11) is 0. The van der Waals surface area contributed by atoms with Crippen molar-refractivity contribution in [3.63, 3.8) is 0 Å². The third-order valence-electron chi connectivity index (χ3n) is 4.40. The van der Waals surface area contributed by atoms with Gasteiger partial charge in [0.1, 0.15) is 0 Å². The number of benzene rings is 2. The van der Waals surface area contributed by atoms with Gasteiger partial charge in [0, 0.05) is 0 Å². The second kappa shape index (κ2) is 7.42. The van der Waals surface area contributed by atoms with Crippen LogP contribution in [0.4, 0.5) is 0 Å². The zero-order valence-electron chi connectivity index (χ0n) is 13.3. The summed E-state index contributed by atoms with van der Waals surface area (Å²) >= 11 is 0. The van der Waals surface area contributed by atoms with Crippen molar-refractivity contribution in [1.29, 1.82) is 0 Å². The van der Waals surface area contributed by atoms with E-state index in [1.165, 1.54) is 16.7 Å². The lowest BCUT2D eigenvalue weighted by Gasteiger charge is -2.23. The van der Waals surface area contributed by atoms with Gasteiger partial charge in [-0.1, -0.05) is 67.9 Å². The fourth-order valence-corrected chi connectivity index (χ4v) is 3.08. The molecule has 0 heterocycles. The molecule has 0 saturated carbocycles. The van der Waals surface area contributed by atoms with Crippen LogP contribution in [-0.4, -0.2) is 5.11 Å². The van der Waals surface area contributed by atoms with E-state index in [4.69, 9.17) is 5.11 Å². The van der Waals surface area contributed by atoms with Gasteiger partial charge in [-0.05, 0) is 48.3 Å². The molecule has 0 saturated heterocycles. The molecule has 0 aromatic heterocycles. The highest BCUT2D eigenvalue weighted by molar-refractivity contribution is 5.27.